The molecule has 1 radical (unpaired) electrons. The Kier molecular flexibility index (Phi) is 11.4. The minimum Gasteiger partial charge on any atom is -0.466 e. The summed E-state index contributed by atoms with van der Waals surface area (Å²) in [4.78, 5) is 12.1. The Morgan fingerprint density at radius 1 is 1.09 bits per heavy atom. The molecule has 2 fully saturated rings. The lowest BCUT2D eigenvalue weighted by atomic mass is 9.95. The second kappa shape index (κ2) is 13.2. The first-order valence-corrected chi connectivity index (χ1v) is 12.5. The van der Waals surface area contributed by atoms with Crippen LogP contribution in [0.15, 0.2) is 0 Å². The van der Waals surface area contributed by atoms with Gasteiger partial charge < -0.3 is 28.8 Å². The summed E-state index contributed by atoms with van der Waals surface area (Å²) in [6, 6.07) is 0. The topological polar surface area (TPSA) is 83.5 Å². The van der Waals surface area contributed by atoms with E-state index in [4.69, 9.17) is 23.7 Å². The predicted octanol–water partition coefficient (Wildman–Crippen LogP) is 5.03. The van der Waals surface area contributed by atoms with Crippen LogP contribution in [0.25, 0.3) is 0 Å². The summed E-state index contributed by atoms with van der Waals surface area (Å²) in [6.45, 7) is 12.2. The molecule has 2 heterocycles. The van der Waals surface area contributed by atoms with E-state index in [0.29, 0.717) is 38.7 Å². The first-order valence-electron chi connectivity index (χ1n) is 12.5. The van der Waals surface area contributed by atoms with Gasteiger partial charge in [0.1, 0.15) is 0 Å². The van der Waals surface area contributed by atoms with Gasteiger partial charge in [0.2, 0.25) is 0 Å². The van der Waals surface area contributed by atoms with Crippen molar-refractivity contribution >= 4 is 5.97 Å². The molecule has 187 valence electrons. The largest absolute Gasteiger partial charge is 0.466 e. The summed E-state index contributed by atoms with van der Waals surface area (Å²) in [5, 5.41) is 10.5. The minimum atomic E-state index is -0.897. The van der Waals surface area contributed by atoms with Crippen molar-refractivity contribution in [1.82, 2.24) is 0 Å². The van der Waals surface area contributed by atoms with Crippen LogP contribution in [0, 0.1) is 6.61 Å². The van der Waals surface area contributed by atoms with Gasteiger partial charge >= 0.3 is 5.97 Å². The Morgan fingerprint density at radius 3 is 2.50 bits per heavy atom. The lowest BCUT2D eigenvalue weighted by molar-refractivity contribution is -0.324. The van der Waals surface area contributed by atoms with Gasteiger partial charge in [0.05, 0.1) is 44.1 Å². The highest BCUT2D eigenvalue weighted by Gasteiger charge is 2.42. The number of hydrogen-bond acceptors (Lipinski definition) is 7. The van der Waals surface area contributed by atoms with Crippen LogP contribution in [0.1, 0.15) is 105 Å². The monoisotopic (exact) mass is 457 g/mol. The summed E-state index contributed by atoms with van der Waals surface area (Å²) in [6.07, 6.45) is 7.42. The Labute approximate surface area is 194 Å². The van der Waals surface area contributed by atoms with Gasteiger partial charge in [0, 0.05) is 25.7 Å². The van der Waals surface area contributed by atoms with Crippen LogP contribution in [-0.4, -0.2) is 53.7 Å². The normalized spacial score (nSPS) is 31.2. The Hall–Kier alpha value is -0.730. The van der Waals surface area contributed by atoms with Crippen LogP contribution in [-0.2, 0) is 28.5 Å². The van der Waals surface area contributed by atoms with Crippen LogP contribution in [0.5, 0.6) is 0 Å². The van der Waals surface area contributed by atoms with E-state index in [1.54, 1.807) is 0 Å². The maximum atomic E-state index is 12.1. The molecule has 2 aliphatic rings. The third kappa shape index (κ3) is 10.0. The fraction of sp³-hybridized carbons (Fsp3) is 0.920. The van der Waals surface area contributed by atoms with Gasteiger partial charge in [0.25, 0.3) is 0 Å². The van der Waals surface area contributed by atoms with Crippen molar-refractivity contribution in [1.29, 1.82) is 0 Å². The summed E-state index contributed by atoms with van der Waals surface area (Å²) >= 11 is 0. The highest BCUT2D eigenvalue weighted by atomic mass is 16.7. The van der Waals surface area contributed by atoms with Crippen molar-refractivity contribution in [2.45, 2.75) is 141 Å². The lowest BCUT2D eigenvalue weighted by Gasteiger charge is -2.45. The molecule has 1 N–H and O–H groups in total. The highest BCUT2D eigenvalue weighted by Crippen LogP contribution is 2.37. The molecule has 0 bridgehead atoms. The standard InChI is InChI=1S/C25H45O7/c1-6-8-10-19(26)16-21-18-22(17-20-12-15-29-24(3,4)30-20)32-25(5,31-21)13-11-23(27)28-14-9-7-2/h15,19-22,26H,6-14,16-18H2,1-5H3. The van der Waals surface area contributed by atoms with Crippen molar-refractivity contribution in [2.75, 3.05) is 6.61 Å². The van der Waals surface area contributed by atoms with Crippen LogP contribution in [0.4, 0.5) is 0 Å². The molecule has 0 spiro atoms. The van der Waals surface area contributed by atoms with Gasteiger partial charge in [0.15, 0.2) is 11.6 Å². The molecule has 5 unspecified atom stereocenters. The summed E-state index contributed by atoms with van der Waals surface area (Å²) in [5.41, 5.74) is 0. The molecular weight excluding hydrogens is 412 g/mol. The molecule has 2 saturated heterocycles. The molecule has 2 aliphatic heterocycles. The van der Waals surface area contributed by atoms with E-state index < -0.39 is 17.7 Å². The Bertz CT molecular complexity index is 552. The maximum Gasteiger partial charge on any atom is 0.305 e. The zero-order valence-electron chi connectivity index (χ0n) is 20.8. The number of aliphatic hydroxyl groups excluding tert-OH is 1. The second-order valence-electron chi connectivity index (χ2n) is 9.85. The van der Waals surface area contributed by atoms with Crippen molar-refractivity contribution in [3.63, 3.8) is 0 Å². The number of hydrogen-bond donors (Lipinski definition) is 1. The van der Waals surface area contributed by atoms with Gasteiger partial charge in [-0.25, -0.2) is 0 Å². The molecule has 0 aromatic carbocycles. The molecule has 0 saturated carbocycles. The summed E-state index contributed by atoms with van der Waals surface area (Å²) in [7, 11) is 0. The molecule has 2 rings (SSSR count). The van der Waals surface area contributed by atoms with Gasteiger partial charge in [-0.3, -0.25) is 4.79 Å². The van der Waals surface area contributed by atoms with Crippen LogP contribution in [0.3, 0.4) is 0 Å². The molecule has 0 aromatic heterocycles. The first-order chi connectivity index (χ1) is 15.1. The Balaban J connectivity index is 1.97. The fourth-order valence-electron chi connectivity index (χ4n) is 4.39. The molecule has 7 heteroatoms. The molecule has 0 aliphatic carbocycles. The van der Waals surface area contributed by atoms with Gasteiger partial charge in [-0.15, -0.1) is 0 Å². The number of carbonyl (C=O) groups excluding carboxylic acids is 1. The predicted molar refractivity (Wildman–Crippen MR) is 122 cm³/mol. The maximum absolute atomic E-state index is 12.1. The van der Waals surface area contributed by atoms with E-state index in [1.807, 2.05) is 27.4 Å². The molecular formula is C25H45O7. The van der Waals surface area contributed by atoms with Crippen LogP contribution >= 0.6 is 0 Å². The lowest BCUT2D eigenvalue weighted by Crippen LogP contribution is -2.49. The number of aliphatic hydroxyl groups is 1. The number of esters is 1. The van der Waals surface area contributed by atoms with Gasteiger partial charge in [-0.1, -0.05) is 33.1 Å². The van der Waals surface area contributed by atoms with Crippen molar-refractivity contribution in [2.24, 2.45) is 0 Å². The van der Waals surface area contributed by atoms with Gasteiger partial charge in [-0.2, -0.15) is 0 Å². The third-order valence-electron chi connectivity index (χ3n) is 6.03. The molecule has 7 nitrogen and oxygen atoms in total. The van der Waals surface area contributed by atoms with E-state index in [0.717, 1.165) is 32.1 Å². The van der Waals surface area contributed by atoms with Crippen LogP contribution < -0.4 is 0 Å². The third-order valence-corrected chi connectivity index (χ3v) is 6.03. The van der Waals surface area contributed by atoms with E-state index in [9.17, 15) is 9.90 Å². The smallest absolute Gasteiger partial charge is 0.305 e. The summed E-state index contributed by atoms with van der Waals surface area (Å²) < 4.78 is 29.6. The van der Waals surface area contributed by atoms with Crippen LogP contribution in [0.2, 0.25) is 0 Å². The SMILES string of the molecule is CCCCOC(=O)CCC1(C)OC(CC(O)CCCC)CC(CC2C[CH]OC(C)(C)O2)O1. The number of rotatable bonds is 13. The summed E-state index contributed by atoms with van der Waals surface area (Å²) in [5.74, 6) is -1.76. The second-order valence-corrected chi connectivity index (χ2v) is 9.85. The van der Waals surface area contributed by atoms with Gasteiger partial charge in [-0.05, 0) is 40.0 Å². The van der Waals surface area contributed by atoms with Crippen molar-refractivity contribution in [3.8, 4) is 0 Å². The molecule has 0 amide bonds. The minimum absolute atomic E-state index is 0.00391. The average molecular weight is 458 g/mol. The zero-order valence-corrected chi connectivity index (χ0v) is 20.8. The molecule has 0 aromatic rings. The highest BCUT2D eigenvalue weighted by molar-refractivity contribution is 5.69. The number of ether oxygens (including phenoxy) is 5. The quantitative estimate of drug-likeness (QED) is 0.306. The van der Waals surface area contributed by atoms with E-state index in [2.05, 4.69) is 13.8 Å². The van der Waals surface area contributed by atoms with E-state index in [-0.39, 0.29) is 30.7 Å². The Morgan fingerprint density at radius 2 is 1.81 bits per heavy atom. The molecule has 32 heavy (non-hydrogen) atoms. The zero-order chi connectivity index (χ0) is 23.6. The fourth-order valence-corrected chi connectivity index (χ4v) is 4.39. The number of unbranched alkanes of at least 4 members (excludes halogenated alkanes) is 2. The van der Waals surface area contributed by atoms with E-state index in [1.165, 1.54) is 0 Å². The van der Waals surface area contributed by atoms with Crippen molar-refractivity contribution in [3.05, 3.63) is 6.61 Å². The average Bonchev–Trinajstić information content (AvgIpc) is 2.70. The van der Waals surface area contributed by atoms with E-state index >= 15 is 0 Å². The van der Waals surface area contributed by atoms with Crippen molar-refractivity contribution < 1.29 is 33.6 Å². The first kappa shape index (κ1) is 27.5. The number of carbonyl (C=O) groups is 1. The molecule has 5 atom stereocenters.